The largest absolute Gasteiger partial charge is 0.506 e. The van der Waals surface area contributed by atoms with Gasteiger partial charge in [0.05, 0.1) is 11.6 Å². The minimum Gasteiger partial charge on any atom is -0.506 e. The fourth-order valence-corrected chi connectivity index (χ4v) is 3.70. The first-order valence-corrected chi connectivity index (χ1v) is 8.23. The third-order valence-corrected chi connectivity index (χ3v) is 4.86. The first-order chi connectivity index (χ1) is 11.0. The lowest BCUT2D eigenvalue weighted by atomic mass is 10.1. The maximum absolute atomic E-state index is 12.7. The third kappa shape index (κ3) is 2.82. The Bertz CT molecular complexity index is 1020. The van der Waals surface area contributed by atoms with Crippen molar-refractivity contribution in [2.75, 3.05) is 4.72 Å². The Balaban J connectivity index is 2.09. The van der Waals surface area contributed by atoms with Crippen LogP contribution in [0.15, 0.2) is 65.6 Å². The number of hydrogen-bond donors (Lipinski definition) is 2. The van der Waals surface area contributed by atoms with E-state index < -0.39 is 10.0 Å². The molecule has 0 atom stereocenters. The standard InChI is InChI=1S/C17H12N2O3S/c18-11-12-5-8-14(9-6-12)19-23(21,22)17-15-4-2-1-3-13(15)7-10-16(17)20/h1-10,19-20H. The number of aromatic hydroxyl groups is 1. The van der Waals surface area contributed by atoms with Crippen molar-refractivity contribution in [1.29, 1.82) is 5.26 Å². The molecule has 0 aliphatic rings. The van der Waals surface area contributed by atoms with Crippen molar-refractivity contribution in [3.63, 3.8) is 0 Å². The number of nitrogens with zero attached hydrogens (tertiary/aromatic N) is 1. The molecule has 3 aromatic rings. The van der Waals surface area contributed by atoms with Gasteiger partial charge < -0.3 is 5.11 Å². The summed E-state index contributed by atoms with van der Waals surface area (Å²) in [6.45, 7) is 0. The average Bonchev–Trinajstić information content (AvgIpc) is 2.54. The SMILES string of the molecule is N#Cc1ccc(NS(=O)(=O)c2c(O)ccc3ccccc23)cc1. The van der Waals surface area contributed by atoms with E-state index in [9.17, 15) is 13.5 Å². The van der Waals surface area contributed by atoms with Gasteiger partial charge in [0.2, 0.25) is 0 Å². The summed E-state index contributed by atoms with van der Waals surface area (Å²) in [5.41, 5.74) is 0.747. The number of sulfonamides is 1. The van der Waals surface area contributed by atoms with Gasteiger partial charge in [-0.15, -0.1) is 0 Å². The molecule has 0 radical (unpaired) electrons. The Labute approximate surface area is 133 Å². The molecule has 0 fully saturated rings. The molecule has 0 saturated heterocycles. The van der Waals surface area contributed by atoms with E-state index in [0.717, 1.165) is 0 Å². The van der Waals surface area contributed by atoms with Crippen molar-refractivity contribution < 1.29 is 13.5 Å². The molecule has 0 heterocycles. The zero-order valence-electron chi connectivity index (χ0n) is 11.9. The summed E-state index contributed by atoms with van der Waals surface area (Å²) >= 11 is 0. The predicted molar refractivity (Wildman–Crippen MR) is 87.6 cm³/mol. The van der Waals surface area contributed by atoms with Gasteiger partial charge in [0, 0.05) is 11.1 Å². The molecule has 0 saturated carbocycles. The Morgan fingerprint density at radius 3 is 2.35 bits per heavy atom. The Morgan fingerprint density at radius 2 is 1.65 bits per heavy atom. The highest BCUT2D eigenvalue weighted by atomic mass is 32.2. The number of rotatable bonds is 3. The number of phenolic OH excluding ortho intramolecular Hbond substituents is 1. The fraction of sp³-hybridized carbons (Fsp3) is 0. The van der Waals surface area contributed by atoms with Gasteiger partial charge in [-0.1, -0.05) is 30.3 Å². The number of benzene rings is 3. The second-order valence-corrected chi connectivity index (χ2v) is 6.55. The summed E-state index contributed by atoms with van der Waals surface area (Å²) in [4.78, 5) is -0.167. The lowest BCUT2D eigenvalue weighted by molar-refractivity contribution is 0.461. The van der Waals surface area contributed by atoms with Crippen LogP contribution in [0.1, 0.15) is 5.56 Å². The summed E-state index contributed by atoms with van der Waals surface area (Å²) in [6, 6.07) is 17.9. The molecule has 114 valence electrons. The second-order valence-electron chi connectivity index (χ2n) is 4.93. The van der Waals surface area contributed by atoms with Gasteiger partial charge in [-0.05, 0) is 35.7 Å². The van der Waals surface area contributed by atoms with Crippen LogP contribution in [0.4, 0.5) is 5.69 Å². The molecular formula is C17H12N2O3S. The number of phenols is 1. The highest BCUT2D eigenvalue weighted by Crippen LogP contribution is 2.32. The first-order valence-electron chi connectivity index (χ1n) is 6.75. The molecule has 6 heteroatoms. The van der Waals surface area contributed by atoms with E-state index in [1.807, 2.05) is 6.07 Å². The van der Waals surface area contributed by atoms with Crippen LogP contribution in [0.5, 0.6) is 5.75 Å². The quantitative estimate of drug-likeness (QED) is 0.774. The summed E-state index contributed by atoms with van der Waals surface area (Å²) < 4.78 is 27.7. The summed E-state index contributed by atoms with van der Waals surface area (Å²) in [7, 11) is -3.97. The molecular weight excluding hydrogens is 312 g/mol. The Morgan fingerprint density at radius 1 is 0.957 bits per heavy atom. The van der Waals surface area contributed by atoms with Crippen molar-refractivity contribution in [3.8, 4) is 11.8 Å². The topological polar surface area (TPSA) is 90.2 Å². The molecule has 0 spiro atoms. The van der Waals surface area contributed by atoms with Gasteiger partial charge in [0.1, 0.15) is 10.6 Å². The number of nitriles is 1. The van der Waals surface area contributed by atoms with Crippen molar-refractivity contribution in [2.45, 2.75) is 4.90 Å². The van der Waals surface area contributed by atoms with Crippen LogP contribution >= 0.6 is 0 Å². The molecule has 0 aliphatic heterocycles. The monoisotopic (exact) mass is 324 g/mol. The highest BCUT2D eigenvalue weighted by Gasteiger charge is 2.22. The Hall–Kier alpha value is -3.04. The van der Waals surface area contributed by atoms with Crippen LogP contribution in [0, 0.1) is 11.3 Å². The molecule has 0 aliphatic carbocycles. The lowest BCUT2D eigenvalue weighted by Crippen LogP contribution is -2.13. The Kier molecular flexibility index (Phi) is 3.64. The van der Waals surface area contributed by atoms with Crippen LogP contribution in [0.25, 0.3) is 10.8 Å². The summed E-state index contributed by atoms with van der Waals surface area (Å²) in [6.07, 6.45) is 0. The summed E-state index contributed by atoms with van der Waals surface area (Å²) in [5, 5.41) is 20.0. The fourth-order valence-electron chi connectivity index (χ4n) is 2.33. The van der Waals surface area contributed by atoms with E-state index in [-0.39, 0.29) is 10.6 Å². The lowest BCUT2D eigenvalue weighted by Gasteiger charge is -2.12. The van der Waals surface area contributed by atoms with E-state index in [0.29, 0.717) is 22.0 Å². The van der Waals surface area contributed by atoms with Crippen molar-refractivity contribution in [2.24, 2.45) is 0 Å². The number of fused-ring (bicyclic) bond motifs is 1. The minimum atomic E-state index is -3.97. The molecule has 2 N–H and O–H groups in total. The van der Waals surface area contributed by atoms with Gasteiger partial charge in [0.15, 0.2) is 0 Å². The van der Waals surface area contributed by atoms with Gasteiger partial charge in [-0.2, -0.15) is 5.26 Å². The van der Waals surface area contributed by atoms with E-state index in [4.69, 9.17) is 5.26 Å². The molecule has 0 amide bonds. The van der Waals surface area contributed by atoms with E-state index in [1.54, 1.807) is 30.3 Å². The predicted octanol–water partition coefficient (Wildman–Crippen LogP) is 3.22. The highest BCUT2D eigenvalue weighted by molar-refractivity contribution is 7.93. The zero-order chi connectivity index (χ0) is 16.4. The zero-order valence-corrected chi connectivity index (χ0v) is 12.7. The van der Waals surface area contributed by atoms with Crippen molar-refractivity contribution in [3.05, 3.63) is 66.2 Å². The molecule has 5 nitrogen and oxygen atoms in total. The molecule has 0 bridgehead atoms. The van der Waals surface area contributed by atoms with E-state index >= 15 is 0 Å². The third-order valence-electron chi connectivity index (χ3n) is 3.39. The average molecular weight is 324 g/mol. The normalized spacial score (nSPS) is 11.1. The smallest absolute Gasteiger partial charge is 0.266 e. The van der Waals surface area contributed by atoms with Crippen LogP contribution in [0.3, 0.4) is 0 Å². The number of hydrogen-bond acceptors (Lipinski definition) is 4. The maximum Gasteiger partial charge on any atom is 0.266 e. The van der Waals surface area contributed by atoms with Crippen LogP contribution < -0.4 is 4.72 Å². The second kappa shape index (κ2) is 5.63. The van der Waals surface area contributed by atoms with E-state index in [2.05, 4.69) is 4.72 Å². The van der Waals surface area contributed by atoms with Crippen molar-refractivity contribution in [1.82, 2.24) is 0 Å². The molecule has 3 rings (SSSR count). The molecule has 0 aromatic heterocycles. The molecule has 0 unspecified atom stereocenters. The van der Waals surface area contributed by atoms with Crippen LogP contribution in [0.2, 0.25) is 0 Å². The van der Waals surface area contributed by atoms with Crippen LogP contribution in [-0.4, -0.2) is 13.5 Å². The van der Waals surface area contributed by atoms with Crippen LogP contribution in [-0.2, 0) is 10.0 Å². The molecule has 23 heavy (non-hydrogen) atoms. The number of nitrogens with one attached hydrogen (secondary N) is 1. The molecule has 3 aromatic carbocycles. The van der Waals surface area contributed by atoms with Gasteiger partial charge in [0.25, 0.3) is 10.0 Å². The maximum atomic E-state index is 12.7. The summed E-state index contributed by atoms with van der Waals surface area (Å²) in [5.74, 6) is -0.315. The van der Waals surface area contributed by atoms with Gasteiger partial charge in [-0.3, -0.25) is 4.72 Å². The first kappa shape index (κ1) is 14.9. The van der Waals surface area contributed by atoms with Crippen molar-refractivity contribution >= 4 is 26.5 Å². The van der Waals surface area contributed by atoms with Gasteiger partial charge >= 0.3 is 0 Å². The number of anilines is 1. The van der Waals surface area contributed by atoms with E-state index in [1.165, 1.54) is 30.3 Å². The van der Waals surface area contributed by atoms with Gasteiger partial charge in [-0.25, -0.2) is 8.42 Å². The minimum absolute atomic E-state index is 0.167.